The number of aryl methyl sites for hydroxylation is 1. The van der Waals surface area contributed by atoms with Gasteiger partial charge in [-0.1, -0.05) is 48.4 Å². The SMILES string of the molecule is COC(=O)N[C@@H](C(=O)NCC1CCC[C@H](Nc2cc(C(F)(F)F)nc3ccc(C)cc23)C1)c1ccccc1. The first-order valence-corrected chi connectivity index (χ1v) is 12.6. The first-order chi connectivity index (χ1) is 18.1. The van der Waals surface area contributed by atoms with Crippen molar-refractivity contribution in [2.24, 2.45) is 5.92 Å². The van der Waals surface area contributed by atoms with Gasteiger partial charge in [0.15, 0.2) is 0 Å². The van der Waals surface area contributed by atoms with E-state index >= 15 is 0 Å². The Hall–Kier alpha value is -3.82. The summed E-state index contributed by atoms with van der Waals surface area (Å²) < 4.78 is 45.2. The highest BCUT2D eigenvalue weighted by atomic mass is 19.4. The topological polar surface area (TPSA) is 92.3 Å². The summed E-state index contributed by atoms with van der Waals surface area (Å²) in [6.45, 7) is 2.27. The molecule has 1 heterocycles. The Morgan fingerprint density at radius 2 is 1.87 bits per heavy atom. The van der Waals surface area contributed by atoms with Gasteiger partial charge < -0.3 is 20.7 Å². The van der Waals surface area contributed by atoms with E-state index in [4.69, 9.17) is 0 Å². The Bertz CT molecular complexity index is 1280. The number of nitrogens with one attached hydrogen (secondary N) is 3. The van der Waals surface area contributed by atoms with Crippen LogP contribution in [0, 0.1) is 12.8 Å². The molecule has 3 N–H and O–H groups in total. The molecule has 10 heteroatoms. The quantitative estimate of drug-likeness (QED) is 0.363. The molecule has 202 valence electrons. The van der Waals surface area contributed by atoms with Crippen LogP contribution in [0.25, 0.3) is 10.9 Å². The van der Waals surface area contributed by atoms with Crippen molar-refractivity contribution in [3.8, 4) is 0 Å². The van der Waals surface area contributed by atoms with Crippen molar-refractivity contribution in [1.82, 2.24) is 15.6 Å². The molecule has 1 fully saturated rings. The highest BCUT2D eigenvalue weighted by Gasteiger charge is 2.34. The zero-order chi connectivity index (χ0) is 27.3. The number of hydrogen-bond acceptors (Lipinski definition) is 5. The summed E-state index contributed by atoms with van der Waals surface area (Å²) >= 11 is 0. The third kappa shape index (κ3) is 6.73. The Kier molecular flexibility index (Phi) is 8.38. The minimum absolute atomic E-state index is 0.0593. The van der Waals surface area contributed by atoms with Crippen LogP contribution in [-0.4, -0.2) is 36.7 Å². The van der Waals surface area contributed by atoms with Crippen LogP contribution >= 0.6 is 0 Å². The number of hydrogen-bond donors (Lipinski definition) is 3. The molecule has 0 bridgehead atoms. The number of alkyl halides is 3. The van der Waals surface area contributed by atoms with Crippen molar-refractivity contribution in [1.29, 1.82) is 0 Å². The summed E-state index contributed by atoms with van der Waals surface area (Å²) in [5, 5.41) is 9.49. The fourth-order valence-electron chi connectivity index (χ4n) is 4.90. The highest BCUT2D eigenvalue weighted by molar-refractivity contribution is 5.92. The van der Waals surface area contributed by atoms with Gasteiger partial charge in [0, 0.05) is 23.7 Å². The number of pyridine rings is 1. The number of halogens is 3. The number of rotatable bonds is 7. The van der Waals surface area contributed by atoms with Crippen LogP contribution < -0.4 is 16.0 Å². The van der Waals surface area contributed by atoms with Crippen LogP contribution in [0.3, 0.4) is 0 Å². The fourth-order valence-corrected chi connectivity index (χ4v) is 4.90. The lowest BCUT2D eigenvalue weighted by molar-refractivity contribution is -0.140. The second-order valence-electron chi connectivity index (χ2n) is 9.67. The molecule has 0 saturated heterocycles. The second-order valence-corrected chi connectivity index (χ2v) is 9.67. The van der Waals surface area contributed by atoms with Crippen LogP contribution in [0.1, 0.15) is 48.5 Å². The van der Waals surface area contributed by atoms with E-state index in [1.165, 1.54) is 7.11 Å². The van der Waals surface area contributed by atoms with Gasteiger partial charge in [-0.05, 0) is 55.9 Å². The van der Waals surface area contributed by atoms with Crippen LogP contribution in [-0.2, 0) is 15.7 Å². The lowest BCUT2D eigenvalue weighted by atomic mass is 9.85. The fraction of sp³-hybridized carbons (Fsp3) is 0.393. The van der Waals surface area contributed by atoms with E-state index in [2.05, 4.69) is 25.7 Å². The molecule has 1 aliphatic rings. The lowest BCUT2D eigenvalue weighted by Gasteiger charge is -2.31. The number of nitrogens with zero attached hydrogens (tertiary/aromatic N) is 1. The maximum atomic E-state index is 13.5. The Labute approximate surface area is 219 Å². The third-order valence-corrected chi connectivity index (χ3v) is 6.80. The molecule has 1 saturated carbocycles. The standard InChI is InChI=1S/C28H31F3N4O3/c1-17-11-12-22-21(13-17)23(15-24(34-22)28(29,30)31)33-20-10-6-7-18(14-20)16-32-26(36)25(35-27(37)38-2)19-8-4-3-5-9-19/h3-5,8-9,11-13,15,18,20,25H,6-7,10,14,16H2,1-2H3,(H,32,36)(H,33,34)(H,35,37)/t18?,20-,25+/m0/s1. The molecule has 2 aromatic carbocycles. The summed E-state index contributed by atoms with van der Waals surface area (Å²) in [4.78, 5) is 28.7. The highest BCUT2D eigenvalue weighted by Crippen LogP contribution is 2.35. The zero-order valence-corrected chi connectivity index (χ0v) is 21.3. The first-order valence-electron chi connectivity index (χ1n) is 12.6. The molecule has 1 aromatic heterocycles. The number of methoxy groups -OCH3 is 1. The van der Waals surface area contributed by atoms with E-state index in [1.807, 2.05) is 19.1 Å². The van der Waals surface area contributed by atoms with E-state index < -0.39 is 24.0 Å². The number of carbonyl (C=O) groups excluding carboxylic acids is 2. The number of anilines is 1. The number of alkyl carbamates (subject to hydrolysis) is 1. The van der Waals surface area contributed by atoms with E-state index in [0.29, 0.717) is 29.6 Å². The van der Waals surface area contributed by atoms with Crippen LogP contribution in [0.5, 0.6) is 0 Å². The molecule has 1 unspecified atom stereocenters. The van der Waals surface area contributed by atoms with Crippen molar-refractivity contribution >= 4 is 28.6 Å². The molecule has 0 aliphatic heterocycles. The monoisotopic (exact) mass is 528 g/mol. The second kappa shape index (κ2) is 11.7. The molecule has 4 rings (SSSR count). The Balaban J connectivity index is 1.45. The first kappa shape index (κ1) is 27.2. The van der Waals surface area contributed by atoms with Gasteiger partial charge >= 0.3 is 12.3 Å². The zero-order valence-electron chi connectivity index (χ0n) is 21.3. The molecular formula is C28H31F3N4O3. The van der Waals surface area contributed by atoms with Crippen molar-refractivity contribution in [2.75, 3.05) is 19.0 Å². The molecule has 3 atom stereocenters. The lowest BCUT2D eigenvalue weighted by Crippen LogP contribution is -2.43. The van der Waals surface area contributed by atoms with E-state index in [9.17, 15) is 22.8 Å². The number of fused-ring (bicyclic) bond motifs is 1. The smallest absolute Gasteiger partial charge is 0.433 e. The molecular weight excluding hydrogens is 497 g/mol. The van der Waals surface area contributed by atoms with Gasteiger partial charge in [0.1, 0.15) is 11.7 Å². The van der Waals surface area contributed by atoms with E-state index in [1.54, 1.807) is 36.4 Å². The van der Waals surface area contributed by atoms with Gasteiger partial charge in [0.2, 0.25) is 5.91 Å². The Morgan fingerprint density at radius 1 is 1.11 bits per heavy atom. The number of benzene rings is 2. The number of carbonyl (C=O) groups is 2. The normalized spacial score (nSPS) is 18.4. The average molecular weight is 529 g/mol. The van der Waals surface area contributed by atoms with Gasteiger partial charge in [-0.25, -0.2) is 9.78 Å². The van der Waals surface area contributed by atoms with Gasteiger partial charge in [0.25, 0.3) is 0 Å². The summed E-state index contributed by atoms with van der Waals surface area (Å²) in [5.41, 5.74) is 1.32. The third-order valence-electron chi connectivity index (χ3n) is 6.80. The molecule has 1 aliphatic carbocycles. The number of ether oxygens (including phenoxy) is 1. The predicted molar refractivity (Wildman–Crippen MR) is 139 cm³/mol. The van der Waals surface area contributed by atoms with E-state index in [0.717, 1.165) is 30.9 Å². The number of aromatic nitrogens is 1. The Morgan fingerprint density at radius 3 is 2.58 bits per heavy atom. The number of amides is 2. The summed E-state index contributed by atoms with van der Waals surface area (Å²) in [7, 11) is 1.23. The molecule has 38 heavy (non-hydrogen) atoms. The van der Waals surface area contributed by atoms with Gasteiger partial charge in [0.05, 0.1) is 12.6 Å². The van der Waals surface area contributed by atoms with Gasteiger partial charge in [-0.3, -0.25) is 4.79 Å². The summed E-state index contributed by atoms with van der Waals surface area (Å²) in [6, 6.07) is 14.2. The molecule has 0 spiro atoms. The summed E-state index contributed by atoms with van der Waals surface area (Å²) in [6.07, 6.45) is -2.04. The van der Waals surface area contributed by atoms with Crippen molar-refractivity contribution < 1.29 is 27.5 Å². The summed E-state index contributed by atoms with van der Waals surface area (Å²) in [5.74, 6) is -0.237. The average Bonchev–Trinajstić information content (AvgIpc) is 2.90. The minimum Gasteiger partial charge on any atom is -0.453 e. The maximum absolute atomic E-state index is 13.5. The molecule has 7 nitrogen and oxygen atoms in total. The minimum atomic E-state index is -4.55. The van der Waals surface area contributed by atoms with E-state index in [-0.39, 0.29) is 23.4 Å². The van der Waals surface area contributed by atoms with Crippen molar-refractivity contribution in [3.63, 3.8) is 0 Å². The van der Waals surface area contributed by atoms with Gasteiger partial charge in [-0.2, -0.15) is 13.2 Å². The predicted octanol–water partition coefficient (Wildman–Crippen LogP) is 5.75. The van der Waals surface area contributed by atoms with Crippen molar-refractivity contribution in [2.45, 2.75) is 50.9 Å². The van der Waals surface area contributed by atoms with Gasteiger partial charge in [-0.15, -0.1) is 0 Å². The molecule has 0 radical (unpaired) electrons. The van der Waals surface area contributed by atoms with Crippen LogP contribution in [0.4, 0.5) is 23.7 Å². The van der Waals surface area contributed by atoms with Crippen LogP contribution in [0.2, 0.25) is 0 Å². The van der Waals surface area contributed by atoms with Crippen LogP contribution in [0.15, 0.2) is 54.6 Å². The van der Waals surface area contributed by atoms with Crippen molar-refractivity contribution in [3.05, 3.63) is 71.4 Å². The molecule has 3 aromatic rings. The molecule has 2 amide bonds. The largest absolute Gasteiger partial charge is 0.453 e. The maximum Gasteiger partial charge on any atom is 0.433 e.